The maximum atomic E-state index is 5.73. The van der Waals surface area contributed by atoms with Crippen molar-refractivity contribution in [2.45, 2.75) is 26.8 Å². The van der Waals surface area contributed by atoms with E-state index < -0.39 is 0 Å². The van der Waals surface area contributed by atoms with Gasteiger partial charge in [-0.2, -0.15) is 0 Å². The number of nitrogens with two attached hydrogens (primary N) is 1. The average molecular weight is 205 g/mol. The molecule has 0 atom stereocenters. The summed E-state index contributed by atoms with van der Waals surface area (Å²) in [4.78, 5) is 6.59. The van der Waals surface area contributed by atoms with Crippen LogP contribution in [0.25, 0.3) is 0 Å². The fourth-order valence-electron chi connectivity index (χ4n) is 2.19. The van der Waals surface area contributed by atoms with Crippen molar-refractivity contribution in [3.8, 4) is 0 Å². The third kappa shape index (κ3) is 2.12. The highest BCUT2D eigenvalue weighted by Crippen LogP contribution is 2.33. The second-order valence-electron chi connectivity index (χ2n) is 5.04. The minimum Gasteiger partial charge on any atom is -0.369 e. The van der Waals surface area contributed by atoms with E-state index in [0.29, 0.717) is 12.0 Å². The van der Waals surface area contributed by atoms with Crippen LogP contribution >= 0.6 is 0 Å². The first-order chi connectivity index (χ1) is 7.12. The summed E-state index contributed by atoms with van der Waals surface area (Å²) in [5, 5.41) is 0. The zero-order valence-corrected chi connectivity index (χ0v) is 9.53. The van der Waals surface area contributed by atoms with E-state index in [1.54, 1.807) is 0 Å². The van der Waals surface area contributed by atoms with Crippen molar-refractivity contribution in [2.75, 3.05) is 18.0 Å². The molecule has 3 heteroatoms. The molecule has 0 unspecified atom stereocenters. The summed E-state index contributed by atoms with van der Waals surface area (Å²) in [7, 11) is 0. The quantitative estimate of drug-likeness (QED) is 0.800. The largest absolute Gasteiger partial charge is 0.369 e. The molecule has 2 N–H and O–H groups in total. The van der Waals surface area contributed by atoms with Crippen LogP contribution < -0.4 is 10.6 Å². The molecule has 1 saturated heterocycles. The van der Waals surface area contributed by atoms with Gasteiger partial charge in [-0.25, -0.2) is 0 Å². The van der Waals surface area contributed by atoms with Gasteiger partial charge in [-0.15, -0.1) is 0 Å². The molecule has 0 amide bonds. The fraction of sp³-hybridized carbons (Fsp3) is 0.583. The zero-order valence-electron chi connectivity index (χ0n) is 9.53. The molecule has 1 aliphatic rings. The van der Waals surface area contributed by atoms with Gasteiger partial charge >= 0.3 is 0 Å². The first-order valence-electron chi connectivity index (χ1n) is 5.50. The lowest BCUT2D eigenvalue weighted by atomic mass is 9.93. The molecule has 2 heterocycles. The Hall–Kier alpha value is -1.09. The Labute approximate surface area is 91.3 Å². The van der Waals surface area contributed by atoms with Gasteiger partial charge in [-0.05, 0) is 23.5 Å². The van der Waals surface area contributed by atoms with Crippen molar-refractivity contribution in [3.63, 3.8) is 0 Å². The second-order valence-corrected chi connectivity index (χ2v) is 5.04. The molecule has 1 fully saturated rings. The van der Waals surface area contributed by atoms with E-state index in [1.165, 1.54) is 17.7 Å². The number of rotatable bonds is 2. The van der Waals surface area contributed by atoms with Crippen molar-refractivity contribution >= 4 is 5.69 Å². The lowest BCUT2D eigenvalue weighted by molar-refractivity contribution is 0.418. The van der Waals surface area contributed by atoms with Crippen molar-refractivity contribution in [1.82, 2.24) is 4.98 Å². The van der Waals surface area contributed by atoms with Gasteiger partial charge in [0, 0.05) is 25.8 Å². The van der Waals surface area contributed by atoms with Crippen LogP contribution in [-0.4, -0.2) is 18.1 Å². The molecular formula is C12H19N3. The minimum absolute atomic E-state index is 0.418. The lowest BCUT2D eigenvalue weighted by Gasteiger charge is -2.23. The fourth-order valence-corrected chi connectivity index (χ4v) is 2.19. The van der Waals surface area contributed by atoms with E-state index in [2.05, 4.69) is 23.7 Å². The van der Waals surface area contributed by atoms with Gasteiger partial charge in [0.25, 0.3) is 0 Å². The van der Waals surface area contributed by atoms with E-state index in [0.717, 1.165) is 13.1 Å². The van der Waals surface area contributed by atoms with E-state index in [1.807, 2.05) is 18.5 Å². The molecule has 2 rings (SSSR count). The summed E-state index contributed by atoms with van der Waals surface area (Å²) < 4.78 is 0. The van der Waals surface area contributed by atoms with Crippen LogP contribution in [0.3, 0.4) is 0 Å². The molecule has 0 saturated carbocycles. The van der Waals surface area contributed by atoms with Crippen LogP contribution in [0.15, 0.2) is 18.5 Å². The zero-order chi connectivity index (χ0) is 10.9. The third-order valence-corrected chi connectivity index (χ3v) is 3.13. The summed E-state index contributed by atoms with van der Waals surface area (Å²) in [6.45, 7) is 7.43. The number of aromatic nitrogens is 1. The number of hydrogen-bond acceptors (Lipinski definition) is 3. The van der Waals surface area contributed by atoms with Crippen molar-refractivity contribution in [3.05, 3.63) is 24.0 Å². The summed E-state index contributed by atoms with van der Waals surface area (Å²) in [6.07, 6.45) is 4.99. The van der Waals surface area contributed by atoms with Gasteiger partial charge in [-0.3, -0.25) is 4.98 Å². The lowest BCUT2D eigenvalue weighted by Crippen LogP contribution is -2.24. The Morgan fingerprint density at radius 3 is 2.93 bits per heavy atom. The highest BCUT2D eigenvalue weighted by molar-refractivity contribution is 5.52. The van der Waals surface area contributed by atoms with Crippen LogP contribution in [0.5, 0.6) is 0 Å². The van der Waals surface area contributed by atoms with Crippen molar-refractivity contribution in [1.29, 1.82) is 0 Å². The Morgan fingerprint density at radius 1 is 1.53 bits per heavy atom. The van der Waals surface area contributed by atoms with Crippen LogP contribution in [0, 0.1) is 5.41 Å². The third-order valence-electron chi connectivity index (χ3n) is 3.13. The van der Waals surface area contributed by atoms with Crippen LogP contribution in [0.4, 0.5) is 5.69 Å². The highest BCUT2D eigenvalue weighted by atomic mass is 15.2. The summed E-state index contributed by atoms with van der Waals surface area (Å²) in [6, 6.07) is 2.01. The number of nitrogens with zero attached hydrogens (tertiary/aromatic N) is 2. The molecule has 0 radical (unpaired) electrons. The minimum atomic E-state index is 0.418. The van der Waals surface area contributed by atoms with Crippen molar-refractivity contribution < 1.29 is 0 Å². The molecule has 0 aromatic carbocycles. The van der Waals surface area contributed by atoms with Gasteiger partial charge < -0.3 is 10.6 Å². The second kappa shape index (κ2) is 3.81. The Balaban J connectivity index is 2.23. The van der Waals surface area contributed by atoms with Crippen molar-refractivity contribution in [2.24, 2.45) is 11.1 Å². The van der Waals surface area contributed by atoms with Gasteiger partial charge in [0.1, 0.15) is 0 Å². The number of hydrogen-bond donors (Lipinski definition) is 1. The van der Waals surface area contributed by atoms with Gasteiger partial charge in [0.2, 0.25) is 0 Å². The maximum Gasteiger partial charge on any atom is 0.0598 e. The number of anilines is 1. The topological polar surface area (TPSA) is 42.2 Å². The molecule has 0 spiro atoms. The predicted molar refractivity (Wildman–Crippen MR) is 62.7 cm³/mol. The SMILES string of the molecule is CC1(C)CCN(c2cnccc2CN)C1. The predicted octanol–water partition coefficient (Wildman–Crippen LogP) is 1.78. The summed E-state index contributed by atoms with van der Waals surface area (Å²) in [5.41, 5.74) is 8.56. The van der Waals surface area contributed by atoms with Crippen LogP contribution in [0.1, 0.15) is 25.8 Å². The smallest absolute Gasteiger partial charge is 0.0598 e. The average Bonchev–Trinajstić information content (AvgIpc) is 2.59. The monoisotopic (exact) mass is 205 g/mol. The summed E-state index contributed by atoms with van der Waals surface area (Å²) in [5.74, 6) is 0. The van der Waals surface area contributed by atoms with Gasteiger partial charge in [0.05, 0.1) is 11.9 Å². The molecule has 1 aliphatic heterocycles. The van der Waals surface area contributed by atoms with Gasteiger partial charge in [-0.1, -0.05) is 13.8 Å². The Bertz CT molecular complexity index is 346. The van der Waals surface area contributed by atoms with E-state index in [-0.39, 0.29) is 0 Å². The Kier molecular flexibility index (Phi) is 2.65. The maximum absolute atomic E-state index is 5.73. The molecule has 82 valence electrons. The molecule has 0 bridgehead atoms. The highest BCUT2D eigenvalue weighted by Gasteiger charge is 2.30. The van der Waals surface area contributed by atoms with Crippen LogP contribution in [-0.2, 0) is 6.54 Å². The molecule has 3 nitrogen and oxygen atoms in total. The molecular weight excluding hydrogens is 186 g/mol. The summed E-state index contributed by atoms with van der Waals surface area (Å²) >= 11 is 0. The first kappa shape index (κ1) is 10.4. The Morgan fingerprint density at radius 2 is 2.33 bits per heavy atom. The molecule has 1 aromatic rings. The van der Waals surface area contributed by atoms with E-state index in [4.69, 9.17) is 5.73 Å². The number of pyridine rings is 1. The van der Waals surface area contributed by atoms with Crippen LogP contribution in [0.2, 0.25) is 0 Å². The van der Waals surface area contributed by atoms with E-state index >= 15 is 0 Å². The van der Waals surface area contributed by atoms with Gasteiger partial charge in [0.15, 0.2) is 0 Å². The molecule has 15 heavy (non-hydrogen) atoms. The standard InChI is InChI=1S/C12H19N3/c1-12(2)4-6-15(9-12)11-8-14-5-3-10(11)7-13/h3,5,8H,4,6-7,9,13H2,1-2H3. The molecule has 0 aliphatic carbocycles. The molecule has 1 aromatic heterocycles. The first-order valence-corrected chi connectivity index (χ1v) is 5.50. The van der Waals surface area contributed by atoms with E-state index in [9.17, 15) is 0 Å². The normalized spacial score (nSPS) is 19.5.